The Balaban J connectivity index is 1.58. The van der Waals surface area contributed by atoms with Gasteiger partial charge in [-0.25, -0.2) is 4.98 Å². The zero-order valence-electron chi connectivity index (χ0n) is 15.1. The van der Waals surface area contributed by atoms with Crippen LogP contribution in [0, 0.1) is 0 Å². The highest BCUT2D eigenvalue weighted by molar-refractivity contribution is 7.18. The molecule has 0 spiro atoms. The van der Waals surface area contributed by atoms with E-state index in [-0.39, 0.29) is 18.1 Å². The van der Waals surface area contributed by atoms with Crippen LogP contribution in [0.15, 0.2) is 29.3 Å². The predicted molar refractivity (Wildman–Crippen MR) is 103 cm³/mol. The smallest absolute Gasteiger partial charge is 0.263 e. The van der Waals surface area contributed by atoms with Crippen molar-refractivity contribution in [3.05, 3.63) is 50.9 Å². The topological polar surface area (TPSA) is 82.5 Å². The van der Waals surface area contributed by atoms with Crippen LogP contribution < -0.4 is 20.3 Å². The number of aromatic nitrogens is 2. The first-order valence-corrected chi connectivity index (χ1v) is 9.44. The van der Waals surface area contributed by atoms with Gasteiger partial charge in [-0.15, -0.1) is 11.3 Å². The summed E-state index contributed by atoms with van der Waals surface area (Å²) in [5.41, 5.74) is 1.39. The summed E-state index contributed by atoms with van der Waals surface area (Å²) in [6.45, 7) is 0.0421. The number of thiophene rings is 1. The molecule has 4 rings (SSSR count). The number of ether oxygens (including phenoxy) is 2. The number of amides is 1. The first-order valence-electron chi connectivity index (χ1n) is 8.62. The Bertz CT molecular complexity index is 1090. The average Bonchev–Trinajstić information content (AvgIpc) is 3.27. The molecule has 8 heteroatoms. The van der Waals surface area contributed by atoms with E-state index in [9.17, 15) is 9.59 Å². The van der Waals surface area contributed by atoms with Gasteiger partial charge in [-0.3, -0.25) is 14.2 Å². The number of rotatable bonds is 5. The second kappa shape index (κ2) is 7.03. The van der Waals surface area contributed by atoms with E-state index in [0.717, 1.165) is 29.7 Å². The van der Waals surface area contributed by atoms with Crippen molar-refractivity contribution in [2.24, 2.45) is 0 Å². The SMILES string of the molecule is COc1ccc(C(=O)NCn2cnc3sc4c(c3c2=O)CCC4)c(OC)c1. The van der Waals surface area contributed by atoms with Crippen molar-refractivity contribution >= 4 is 27.5 Å². The lowest BCUT2D eigenvalue weighted by Crippen LogP contribution is -2.32. The maximum atomic E-state index is 12.8. The van der Waals surface area contributed by atoms with E-state index in [2.05, 4.69) is 10.3 Å². The van der Waals surface area contributed by atoms with Crippen LogP contribution in [0.3, 0.4) is 0 Å². The molecule has 0 saturated carbocycles. The van der Waals surface area contributed by atoms with Crippen LogP contribution in [0.2, 0.25) is 0 Å². The van der Waals surface area contributed by atoms with Crippen LogP contribution >= 0.6 is 11.3 Å². The fraction of sp³-hybridized carbons (Fsp3) is 0.316. The highest BCUT2D eigenvalue weighted by Crippen LogP contribution is 2.34. The molecule has 7 nitrogen and oxygen atoms in total. The van der Waals surface area contributed by atoms with Crippen molar-refractivity contribution in [2.45, 2.75) is 25.9 Å². The van der Waals surface area contributed by atoms with Crippen LogP contribution in [0.5, 0.6) is 11.5 Å². The zero-order chi connectivity index (χ0) is 19.0. The van der Waals surface area contributed by atoms with Crippen molar-refractivity contribution < 1.29 is 14.3 Å². The van der Waals surface area contributed by atoms with E-state index >= 15 is 0 Å². The summed E-state index contributed by atoms with van der Waals surface area (Å²) in [6, 6.07) is 4.96. The fourth-order valence-electron chi connectivity index (χ4n) is 3.37. The Labute approximate surface area is 159 Å². The molecule has 0 saturated heterocycles. The van der Waals surface area contributed by atoms with E-state index in [0.29, 0.717) is 22.4 Å². The molecule has 0 unspecified atom stereocenters. The molecule has 0 aliphatic heterocycles. The van der Waals surface area contributed by atoms with E-state index in [1.54, 1.807) is 36.6 Å². The summed E-state index contributed by atoms with van der Waals surface area (Å²) in [5, 5.41) is 3.46. The Morgan fingerprint density at radius 1 is 1.30 bits per heavy atom. The lowest BCUT2D eigenvalue weighted by molar-refractivity contribution is 0.0938. The number of nitrogens with zero attached hydrogens (tertiary/aromatic N) is 2. The van der Waals surface area contributed by atoms with Crippen LogP contribution in [0.4, 0.5) is 0 Å². The van der Waals surface area contributed by atoms with Gasteiger partial charge < -0.3 is 14.8 Å². The number of nitrogens with one attached hydrogen (secondary N) is 1. The molecule has 3 aromatic rings. The third-order valence-electron chi connectivity index (χ3n) is 4.76. The van der Waals surface area contributed by atoms with Crippen molar-refractivity contribution in [3.63, 3.8) is 0 Å². The molecule has 1 aliphatic rings. The number of carbonyl (C=O) groups excluding carboxylic acids is 1. The Morgan fingerprint density at radius 2 is 2.15 bits per heavy atom. The van der Waals surface area contributed by atoms with Gasteiger partial charge in [-0.2, -0.15) is 0 Å². The monoisotopic (exact) mass is 385 g/mol. The second-order valence-corrected chi connectivity index (χ2v) is 7.37. The third kappa shape index (κ3) is 3.06. The van der Waals surface area contributed by atoms with Gasteiger partial charge in [0, 0.05) is 10.9 Å². The summed E-state index contributed by atoms with van der Waals surface area (Å²) in [7, 11) is 3.04. The van der Waals surface area contributed by atoms with E-state index < -0.39 is 0 Å². The second-order valence-electron chi connectivity index (χ2n) is 6.29. The minimum atomic E-state index is -0.336. The van der Waals surface area contributed by atoms with Gasteiger partial charge in [-0.05, 0) is 37.0 Å². The van der Waals surface area contributed by atoms with Crippen LogP contribution in [0.25, 0.3) is 10.2 Å². The van der Waals surface area contributed by atoms with Gasteiger partial charge in [0.25, 0.3) is 11.5 Å². The molecule has 27 heavy (non-hydrogen) atoms. The van der Waals surface area contributed by atoms with Crippen LogP contribution in [-0.4, -0.2) is 29.7 Å². The summed E-state index contributed by atoms with van der Waals surface area (Å²) < 4.78 is 11.8. The summed E-state index contributed by atoms with van der Waals surface area (Å²) in [5.74, 6) is 0.668. The molecule has 0 bridgehead atoms. The molecule has 2 aromatic heterocycles. The Morgan fingerprint density at radius 3 is 2.93 bits per heavy atom. The van der Waals surface area contributed by atoms with E-state index in [4.69, 9.17) is 9.47 Å². The fourth-order valence-corrected chi connectivity index (χ4v) is 4.59. The summed E-state index contributed by atoms with van der Waals surface area (Å²) in [4.78, 5) is 31.8. The molecule has 2 heterocycles. The average molecular weight is 385 g/mol. The van der Waals surface area contributed by atoms with E-state index in [1.165, 1.54) is 22.9 Å². The number of hydrogen-bond donors (Lipinski definition) is 1. The zero-order valence-corrected chi connectivity index (χ0v) is 15.9. The van der Waals surface area contributed by atoms with Gasteiger partial charge >= 0.3 is 0 Å². The third-order valence-corrected chi connectivity index (χ3v) is 5.95. The summed E-state index contributed by atoms with van der Waals surface area (Å²) >= 11 is 1.60. The van der Waals surface area contributed by atoms with Crippen LogP contribution in [-0.2, 0) is 19.5 Å². The Kier molecular flexibility index (Phi) is 4.57. The predicted octanol–water partition coefficient (Wildman–Crippen LogP) is 2.35. The molecule has 1 N–H and O–H groups in total. The first-order chi connectivity index (χ1) is 13.1. The van der Waals surface area contributed by atoms with Gasteiger partial charge in [0.05, 0.1) is 31.8 Å². The van der Waals surface area contributed by atoms with Crippen molar-refractivity contribution in [1.29, 1.82) is 0 Å². The standard InChI is InChI=1S/C19H19N3O4S/c1-25-11-6-7-12(14(8-11)26-2)17(23)20-9-22-10-21-18-16(19(22)24)13-4-3-5-15(13)27-18/h6-8,10H,3-5,9H2,1-2H3,(H,20,23). The minimum absolute atomic E-state index is 0.0421. The lowest BCUT2D eigenvalue weighted by atomic mass is 10.2. The number of hydrogen-bond acceptors (Lipinski definition) is 6. The molecule has 140 valence electrons. The maximum Gasteiger partial charge on any atom is 0.263 e. The molecule has 1 aliphatic carbocycles. The van der Waals surface area contributed by atoms with Gasteiger partial charge in [0.2, 0.25) is 0 Å². The molecule has 0 radical (unpaired) electrons. The Hall–Kier alpha value is -2.87. The molecular weight excluding hydrogens is 366 g/mol. The van der Waals surface area contributed by atoms with E-state index in [1.807, 2.05) is 0 Å². The van der Waals surface area contributed by atoms with Crippen molar-refractivity contribution in [2.75, 3.05) is 14.2 Å². The molecule has 1 aromatic carbocycles. The number of fused-ring (bicyclic) bond motifs is 3. The molecule has 0 fully saturated rings. The highest BCUT2D eigenvalue weighted by atomic mass is 32.1. The highest BCUT2D eigenvalue weighted by Gasteiger charge is 2.21. The van der Waals surface area contributed by atoms with Crippen molar-refractivity contribution in [3.8, 4) is 11.5 Å². The number of benzene rings is 1. The number of methoxy groups -OCH3 is 2. The van der Waals surface area contributed by atoms with Gasteiger partial charge in [0.1, 0.15) is 22.7 Å². The quantitative estimate of drug-likeness (QED) is 0.729. The van der Waals surface area contributed by atoms with Crippen molar-refractivity contribution in [1.82, 2.24) is 14.9 Å². The lowest BCUT2D eigenvalue weighted by Gasteiger charge is -2.12. The first kappa shape index (κ1) is 17.5. The normalized spacial score (nSPS) is 12.8. The maximum absolute atomic E-state index is 12.8. The molecule has 0 atom stereocenters. The molecule has 1 amide bonds. The van der Waals surface area contributed by atoms with Gasteiger partial charge in [0.15, 0.2) is 0 Å². The summed E-state index contributed by atoms with van der Waals surface area (Å²) in [6.07, 6.45) is 4.51. The number of aryl methyl sites for hydroxylation is 2. The molecular formula is C19H19N3O4S. The largest absolute Gasteiger partial charge is 0.497 e. The number of carbonyl (C=O) groups is 1. The van der Waals surface area contributed by atoms with Gasteiger partial charge in [-0.1, -0.05) is 0 Å². The minimum Gasteiger partial charge on any atom is -0.497 e. The van der Waals surface area contributed by atoms with Crippen LogP contribution in [0.1, 0.15) is 27.2 Å².